The number of hydrogen-bond donors (Lipinski definition) is 0. The van der Waals surface area contributed by atoms with Gasteiger partial charge in [-0.05, 0) is 42.3 Å². The molecule has 0 amide bonds. The minimum atomic E-state index is -0.0442. The lowest BCUT2D eigenvalue weighted by molar-refractivity contribution is 0.174. The summed E-state index contributed by atoms with van der Waals surface area (Å²) in [5.41, 5.74) is 2.87. The van der Waals surface area contributed by atoms with E-state index in [9.17, 15) is 4.79 Å². The highest BCUT2D eigenvalue weighted by atomic mass is 16.7. The molecule has 4 aromatic rings. The molecule has 1 aliphatic heterocycles. The second-order valence-electron chi connectivity index (χ2n) is 6.86. The van der Waals surface area contributed by atoms with Crippen LogP contribution < -0.4 is 19.6 Å². The van der Waals surface area contributed by atoms with Crippen LogP contribution in [0.4, 0.5) is 0 Å². The number of benzene rings is 3. The molecule has 0 spiro atoms. The third-order valence-corrected chi connectivity index (χ3v) is 4.94. The molecule has 0 unspecified atom stereocenters. The molecule has 0 atom stereocenters. The van der Waals surface area contributed by atoms with Crippen molar-refractivity contribution >= 4 is 11.0 Å². The minimum Gasteiger partial charge on any atom is -0.489 e. The Morgan fingerprint density at radius 1 is 0.931 bits per heavy atom. The standard InChI is InChI=1S/C24H18O5/c1-15-23(17-5-3-2-4-6-17)24(25)19-9-8-18(12-21(19)29-15)26-13-16-7-10-20-22(11-16)28-14-27-20/h2-12H,13-14H2,1H3. The average molecular weight is 386 g/mol. The SMILES string of the molecule is Cc1oc2cc(OCc3ccc4c(c3)OCO4)ccc2c(=O)c1-c1ccccc1. The molecule has 0 fully saturated rings. The molecule has 0 N–H and O–H groups in total. The second kappa shape index (κ2) is 7.02. The van der Waals surface area contributed by atoms with E-state index in [0.29, 0.717) is 34.6 Å². The Bertz CT molecular complexity index is 1260. The first kappa shape index (κ1) is 17.4. The van der Waals surface area contributed by atoms with Crippen molar-refractivity contribution in [3.63, 3.8) is 0 Å². The fraction of sp³-hybridized carbons (Fsp3) is 0.125. The molecule has 5 nitrogen and oxygen atoms in total. The van der Waals surface area contributed by atoms with Gasteiger partial charge in [0.1, 0.15) is 23.7 Å². The van der Waals surface area contributed by atoms with Gasteiger partial charge in [-0.15, -0.1) is 0 Å². The summed E-state index contributed by atoms with van der Waals surface area (Å²) in [6.07, 6.45) is 0. The Balaban J connectivity index is 1.44. The summed E-state index contributed by atoms with van der Waals surface area (Å²) < 4.78 is 22.6. The second-order valence-corrected chi connectivity index (χ2v) is 6.86. The highest BCUT2D eigenvalue weighted by molar-refractivity contribution is 5.83. The molecule has 144 valence electrons. The van der Waals surface area contributed by atoms with Crippen molar-refractivity contribution in [1.29, 1.82) is 0 Å². The molecule has 1 aromatic heterocycles. The lowest BCUT2D eigenvalue weighted by Gasteiger charge is -2.10. The molecule has 29 heavy (non-hydrogen) atoms. The molecule has 0 radical (unpaired) electrons. The van der Waals surface area contributed by atoms with Gasteiger partial charge in [0, 0.05) is 6.07 Å². The van der Waals surface area contributed by atoms with Gasteiger partial charge in [0.2, 0.25) is 12.2 Å². The zero-order valence-electron chi connectivity index (χ0n) is 15.8. The van der Waals surface area contributed by atoms with Crippen LogP contribution in [0.1, 0.15) is 11.3 Å². The molecule has 0 bridgehead atoms. The topological polar surface area (TPSA) is 57.9 Å². The zero-order valence-corrected chi connectivity index (χ0v) is 15.8. The van der Waals surface area contributed by atoms with Gasteiger partial charge in [0.05, 0.1) is 10.9 Å². The van der Waals surface area contributed by atoms with Crippen LogP contribution >= 0.6 is 0 Å². The Morgan fingerprint density at radius 2 is 1.76 bits per heavy atom. The normalized spacial score (nSPS) is 12.3. The number of rotatable bonds is 4. The first-order valence-corrected chi connectivity index (χ1v) is 9.33. The van der Waals surface area contributed by atoms with Crippen molar-refractivity contribution < 1.29 is 18.6 Å². The molecule has 1 aliphatic rings. The summed E-state index contributed by atoms with van der Waals surface area (Å²) in [7, 11) is 0. The first-order valence-electron chi connectivity index (χ1n) is 9.33. The summed E-state index contributed by atoms with van der Waals surface area (Å²) in [4.78, 5) is 13.0. The van der Waals surface area contributed by atoms with Crippen molar-refractivity contribution in [2.24, 2.45) is 0 Å². The summed E-state index contributed by atoms with van der Waals surface area (Å²) in [5, 5.41) is 0.532. The monoisotopic (exact) mass is 386 g/mol. The van der Waals surface area contributed by atoms with E-state index in [1.165, 1.54) is 0 Å². The van der Waals surface area contributed by atoms with Crippen LogP contribution in [0.15, 0.2) is 75.9 Å². The Kier molecular flexibility index (Phi) is 4.21. The van der Waals surface area contributed by atoms with Crippen molar-refractivity contribution in [3.05, 3.63) is 88.3 Å². The van der Waals surface area contributed by atoms with E-state index in [1.54, 1.807) is 18.2 Å². The average Bonchev–Trinajstić information content (AvgIpc) is 3.21. The number of aryl methyl sites for hydroxylation is 1. The zero-order chi connectivity index (χ0) is 19.8. The van der Waals surface area contributed by atoms with Crippen molar-refractivity contribution in [2.75, 3.05) is 6.79 Å². The first-order chi connectivity index (χ1) is 14.2. The Labute approximate surface area is 167 Å². The molecule has 5 heteroatoms. The van der Waals surface area contributed by atoms with E-state index in [4.69, 9.17) is 18.6 Å². The third kappa shape index (κ3) is 3.21. The predicted octanol–water partition coefficient (Wildman–Crippen LogP) is 5.08. The van der Waals surface area contributed by atoms with E-state index < -0.39 is 0 Å². The van der Waals surface area contributed by atoms with Crippen LogP contribution in [0.5, 0.6) is 17.2 Å². The van der Waals surface area contributed by atoms with E-state index in [1.807, 2.05) is 55.5 Å². The molecule has 2 heterocycles. The number of ether oxygens (including phenoxy) is 3. The van der Waals surface area contributed by atoms with Crippen molar-refractivity contribution in [2.45, 2.75) is 13.5 Å². The van der Waals surface area contributed by atoms with E-state index in [0.717, 1.165) is 22.6 Å². The maximum Gasteiger partial charge on any atom is 0.231 e. The van der Waals surface area contributed by atoms with Gasteiger partial charge >= 0.3 is 0 Å². The lowest BCUT2D eigenvalue weighted by atomic mass is 10.0. The van der Waals surface area contributed by atoms with Gasteiger partial charge < -0.3 is 18.6 Å². The highest BCUT2D eigenvalue weighted by Gasteiger charge is 2.15. The minimum absolute atomic E-state index is 0.0442. The number of hydrogen-bond acceptors (Lipinski definition) is 5. The fourth-order valence-corrected chi connectivity index (χ4v) is 3.51. The third-order valence-electron chi connectivity index (χ3n) is 4.94. The van der Waals surface area contributed by atoms with Gasteiger partial charge in [-0.1, -0.05) is 36.4 Å². The summed E-state index contributed by atoms with van der Waals surface area (Å²) in [6.45, 7) is 2.42. The van der Waals surface area contributed by atoms with Crippen molar-refractivity contribution in [3.8, 4) is 28.4 Å². The molecule has 0 aliphatic carbocycles. The maximum atomic E-state index is 13.0. The summed E-state index contributed by atoms with van der Waals surface area (Å²) in [6, 6.07) is 20.6. The molecule has 3 aromatic carbocycles. The van der Waals surface area contributed by atoms with E-state index >= 15 is 0 Å². The Morgan fingerprint density at radius 3 is 2.62 bits per heavy atom. The van der Waals surface area contributed by atoms with Crippen molar-refractivity contribution in [1.82, 2.24) is 0 Å². The van der Waals surface area contributed by atoms with Gasteiger partial charge in [-0.2, -0.15) is 0 Å². The van der Waals surface area contributed by atoms with Crippen LogP contribution in [0.3, 0.4) is 0 Å². The van der Waals surface area contributed by atoms with Gasteiger partial charge in [-0.3, -0.25) is 4.79 Å². The molecule has 5 rings (SSSR count). The maximum absolute atomic E-state index is 13.0. The summed E-state index contributed by atoms with van der Waals surface area (Å²) in [5.74, 6) is 2.68. The van der Waals surface area contributed by atoms with Gasteiger partial charge in [-0.25, -0.2) is 0 Å². The molecular weight excluding hydrogens is 368 g/mol. The molecule has 0 saturated heterocycles. The largest absolute Gasteiger partial charge is 0.489 e. The van der Waals surface area contributed by atoms with E-state index in [2.05, 4.69) is 0 Å². The van der Waals surface area contributed by atoms with Crippen LogP contribution in [0.2, 0.25) is 0 Å². The lowest BCUT2D eigenvalue weighted by Crippen LogP contribution is -2.07. The van der Waals surface area contributed by atoms with Crippen LogP contribution in [-0.2, 0) is 6.61 Å². The molecule has 0 saturated carbocycles. The Hall–Kier alpha value is -3.73. The quantitative estimate of drug-likeness (QED) is 0.490. The summed E-state index contributed by atoms with van der Waals surface area (Å²) >= 11 is 0. The van der Waals surface area contributed by atoms with Crippen LogP contribution in [0, 0.1) is 6.92 Å². The smallest absolute Gasteiger partial charge is 0.231 e. The number of fused-ring (bicyclic) bond motifs is 2. The van der Waals surface area contributed by atoms with Crippen LogP contribution in [0.25, 0.3) is 22.1 Å². The van der Waals surface area contributed by atoms with E-state index in [-0.39, 0.29) is 12.2 Å². The van der Waals surface area contributed by atoms with Gasteiger partial charge in [0.25, 0.3) is 0 Å². The predicted molar refractivity (Wildman–Crippen MR) is 110 cm³/mol. The highest BCUT2D eigenvalue weighted by Crippen LogP contribution is 2.33. The molecular formula is C24H18O5. The fourth-order valence-electron chi connectivity index (χ4n) is 3.51. The van der Waals surface area contributed by atoms with Crippen LogP contribution in [-0.4, -0.2) is 6.79 Å². The van der Waals surface area contributed by atoms with Gasteiger partial charge in [0.15, 0.2) is 11.5 Å².